The Hall–Kier alpha value is -4.07. The average Bonchev–Trinajstić information content (AvgIpc) is 3.34. The predicted octanol–water partition coefficient (Wildman–Crippen LogP) is 4.02. The highest BCUT2D eigenvalue weighted by Gasteiger charge is 2.48. The molecule has 0 spiro atoms. The van der Waals surface area contributed by atoms with E-state index >= 15 is 0 Å². The summed E-state index contributed by atoms with van der Waals surface area (Å²) in [5.74, 6) is 0.0428. The second-order valence-electron chi connectivity index (χ2n) is 7.20. The fraction of sp³-hybridized carbons (Fsp3) is 0.208. The minimum Gasteiger partial charge on any atom is -0.507 e. The first-order valence-corrected chi connectivity index (χ1v) is 10.1. The highest BCUT2D eigenvalue weighted by atomic mass is 16.5. The Morgan fingerprint density at radius 2 is 1.75 bits per heavy atom. The van der Waals surface area contributed by atoms with E-state index in [2.05, 4.69) is 5.16 Å². The van der Waals surface area contributed by atoms with Gasteiger partial charge in [0.25, 0.3) is 5.78 Å². The van der Waals surface area contributed by atoms with E-state index in [1.54, 1.807) is 68.6 Å². The van der Waals surface area contributed by atoms with Gasteiger partial charge in [0.15, 0.2) is 5.82 Å². The van der Waals surface area contributed by atoms with Gasteiger partial charge in [0.2, 0.25) is 0 Å². The molecule has 0 unspecified atom stereocenters. The molecule has 164 valence electrons. The van der Waals surface area contributed by atoms with Crippen molar-refractivity contribution in [3.63, 3.8) is 0 Å². The topological polar surface area (TPSA) is 102 Å². The lowest BCUT2D eigenvalue weighted by atomic mass is 9.95. The van der Waals surface area contributed by atoms with Crippen molar-refractivity contribution in [3.05, 3.63) is 77.1 Å². The summed E-state index contributed by atoms with van der Waals surface area (Å²) in [6.07, 6.45) is 0. The molecule has 8 heteroatoms. The first-order chi connectivity index (χ1) is 15.4. The first kappa shape index (κ1) is 21.2. The Morgan fingerprint density at radius 3 is 2.31 bits per heavy atom. The molecule has 1 amide bonds. The van der Waals surface area contributed by atoms with Crippen LogP contribution in [0.3, 0.4) is 0 Å². The number of methoxy groups -OCH3 is 1. The lowest BCUT2D eigenvalue weighted by molar-refractivity contribution is -0.132. The van der Waals surface area contributed by atoms with Crippen molar-refractivity contribution >= 4 is 23.3 Å². The Balaban J connectivity index is 1.86. The number of aromatic nitrogens is 1. The summed E-state index contributed by atoms with van der Waals surface area (Å²) in [7, 11) is 1.55. The van der Waals surface area contributed by atoms with Gasteiger partial charge in [-0.15, -0.1) is 0 Å². The largest absolute Gasteiger partial charge is 0.507 e. The van der Waals surface area contributed by atoms with Gasteiger partial charge in [0.05, 0.1) is 25.3 Å². The molecule has 1 aromatic heterocycles. The van der Waals surface area contributed by atoms with Gasteiger partial charge in [-0.05, 0) is 55.8 Å². The maximum absolute atomic E-state index is 13.1. The normalized spacial score (nSPS) is 17.6. The number of aliphatic hydroxyl groups excluding tert-OH is 1. The predicted molar refractivity (Wildman–Crippen MR) is 117 cm³/mol. The van der Waals surface area contributed by atoms with E-state index in [9.17, 15) is 14.7 Å². The van der Waals surface area contributed by atoms with Crippen LogP contribution in [0.25, 0.3) is 5.76 Å². The van der Waals surface area contributed by atoms with Crippen LogP contribution in [-0.2, 0) is 9.59 Å². The number of aliphatic hydroxyl groups is 1. The third-order valence-electron chi connectivity index (χ3n) is 5.18. The molecule has 0 saturated carbocycles. The lowest BCUT2D eigenvalue weighted by Gasteiger charge is -2.23. The lowest BCUT2D eigenvalue weighted by Crippen LogP contribution is -2.29. The van der Waals surface area contributed by atoms with Crippen molar-refractivity contribution < 1.29 is 28.7 Å². The zero-order chi connectivity index (χ0) is 22.8. The molecule has 2 aromatic carbocycles. The maximum atomic E-state index is 13.1. The number of carbonyl (C=O) groups excluding carboxylic acids is 2. The van der Waals surface area contributed by atoms with Gasteiger partial charge >= 0.3 is 5.91 Å². The molecule has 1 fully saturated rings. The molecular formula is C24H22N2O6. The molecule has 1 N–H and O–H groups in total. The zero-order valence-corrected chi connectivity index (χ0v) is 17.9. The third-order valence-corrected chi connectivity index (χ3v) is 5.18. The van der Waals surface area contributed by atoms with E-state index in [4.69, 9.17) is 14.0 Å². The van der Waals surface area contributed by atoms with Gasteiger partial charge in [-0.25, -0.2) is 0 Å². The Kier molecular flexibility index (Phi) is 5.68. The van der Waals surface area contributed by atoms with Crippen LogP contribution in [0.1, 0.15) is 29.9 Å². The second-order valence-corrected chi connectivity index (χ2v) is 7.20. The van der Waals surface area contributed by atoms with Crippen LogP contribution in [0.2, 0.25) is 0 Å². The van der Waals surface area contributed by atoms with Gasteiger partial charge in [-0.3, -0.25) is 14.5 Å². The molecule has 4 rings (SSSR count). The number of ketones is 1. The van der Waals surface area contributed by atoms with Crippen molar-refractivity contribution in [2.75, 3.05) is 18.6 Å². The summed E-state index contributed by atoms with van der Waals surface area (Å²) < 4.78 is 15.8. The zero-order valence-electron chi connectivity index (χ0n) is 17.9. The molecule has 2 heterocycles. The number of nitrogens with zero attached hydrogens (tertiary/aromatic N) is 2. The second kappa shape index (κ2) is 8.58. The standard InChI is InChI=1S/C24H22N2O6/c1-4-31-18-11-7-16(8-12-18)22(27)20-21(15-5-9-17(30-3)10-6-15)26(24(29)23(20)28)19-13-14(2)32-25-19/h5-13,21,27H,4H2,1-3H3/b22-20+/t21-/m1/s1. The summed E-state index contributed by atoms with van der Waals surface area (Å²) in [6.45, 7) is 4.07. The molecular weight excluding hydrogens is 412 g/mol. The number of benzene rings is 2. The Labute approximate surface area is 184 Å². The smallest absolute Gasteiger partial charge is 0.301 e. The molecule has 32 heavy (non-hydrogen) atoms. The fourth-order valence-corrected chi connectivity index (χ4v) is 3.67. The van der Waals surface area contributed by atoms with Gasteiger partial charge in [-0.2, -0.15) is 0 Å². The van der Waals surface area contributed by atoms with E-state index in [1.807, 2.05) is 6.92 Å². The van der Waals surface area contributed by atoms with Crippen molar-refractivity contribution in [1.82, 2.24) is 5.16 Å². The highest BCUT2D eigenvalue weighted by molar-refractivity contribution is 6.51. The number of hydrogen-bond donors (Lipinski definition) is 1. The van der Waals surface area contributed by atoms with E-state index < -0.39 is 17.7 Å². The number of aryl methyl sites for hydroxylation is 1. The third kappa shape index (κ3) is 3.71. The minimum absolute atomic E-state index is 0.0371. The van der Waals surface area contributed by atoms with Crippen molar-refractivity contribution in [2.45, 2.75) is 19.9 Å². The molecule has 0 radical (unpaired) electrons. The summed E-state index contributed by atoms with van der Waals surface area (Å²) in [5.41, 5.74) is 0.962. The number of hydrogen-bond acceptors (Lipinski definition) is 7. The highest BCUT2D eigenvalue weighted by Crippen LogP contribution is 2.42. The number of carbonyl (C=O) groups is 2. The summed E-state index contributed by atoms with van der Waals surface area (Å²) in [4.78, 5) is 27.3. The molecule has 1 aliphatic rings. The van der Waals surface area contributed by atoms with Gasteiger partial charge in [0, 0.05) is 11.6 Å². The van der Waals surface area contributed by atoms with Crippen molar-refractivity contribution in [2.24, 2.45) is 0 Å². The van der Waals surface area contributed by atoms with Crippen molar-refractivity contribution in [1.29, 1.82) is 0 Å². The Morgan fingerprint density at radius 1 is 1.09 bits per heavy atom. The van der Waals surface area contributed by atoms with Crippen LogP contribution in [0.15, 0.2) is 64.7 Å². The van der Waals surface area contributed by atoms with Crippen LogP contribution >= 0.6 is 0 Å². The van der Waals surface area contributed by atoms with Gasteiger partial charge in [-0.1, -0.05) is 17.3 Å². The molecule has 0 bridgehead atoms. The van der Waals surface area contributed by atoms with Crippen molar-refractivity contribution in [3.8, 4) is 11.5 Å². The summed E-state index contributed by atoms with van der Waals surface area (Å²) >= 11 is 0. The first-order valence-electron chi connectivity index (χ1n) is 10.1. The molecule has 0 aliphatic carbocycles. The number of rotatable bonds is 6. The fourth-order valence-electron chi connectivity index (χ4n) is 3.67. The van der Waals surface area contributed by atoms with Gasteiger partial charge in [0.1, 0.15) is 23.0 Å². The minimum atomic E-state index is -0.892. The molecule has 1 atom stereocenters. The molecule has 8 nitrogen and oxygen atoms in total. The SMILES string of the molecule is CCOc1ccc(/C(O)=C2\C(=O)C(=O)N(c3cc(C)on3)[C@@H]2c2ccc(OC)cc2)cc1. The summed E-state index contributed by atoms with van der Waals surface area (Å²) in [6, 6.07) is 14.3. The number of ether oxygens (including phenoxy) is 2. The summed E-state index contributed by atoms with van der Waals surface area (Å²) in [5, 5.41) is 15.0. The van der Waals surface area contributed by atoms with Crippen LogP contribution in [0, 0.1) is 6.92 Å². The molecule has 1 aliphatic heterocycles. The van der Waals surface area contributed by atoms with E-state index in [1.165, 1.54) is 4.90 Å². The van der Waals surface area contributed by atoms with E-state index in [-0.39, 0.29) is 17.2 Å². The monoisotopic (exact) mass is 434 g/mol. The quantitative estimate of drug-likeness (QED) is 0.355. The number of Topliss-reactive ketones (excluding diaryl/α,β-unsaturated/α-hetero) is 1. The van der Waals surface area contributed by atoms with Crippen LogP contribution < -0.4 is 14.4 Å². The number of anilines is 1. The van der Waals surface area contributed by atoms with Gasteiger partial charge < -0.3 is 19.1 Å². The number of amides is 1. The van der Waals surface area contributed by atoms with Crippen LogP contribution in [0.5, 0.6) is 11.5 Å². The average molecular weight is 434 g/mol. The molecule has 3 aromatic rings. The van der Waals surface area contributed by atoms with Crippen LogP contribution in [-0.4, -0.2) is 35.7 Å². The van der Waals surface area contributed by atoms with E-state index in [0.29, 0.717) is 35.0 Å². The maximum Gasteiger partial charge on any atom is 0.301 e. The molecule has 1 saturated heterocycles. The van der Waals surface area contributed by atoms with Crippen LogP contribution in [0.4, 0.5) is 5.82 Å². The van der Waals surface area contributed by atoms with E-state index in [0.717, 1.165) is 0 Å². The Bertz CT molecular complexity index is 1180.